The average molecular weight is 254 g/mol. The predicted octanol–water partition coefficient (Wildman–Crippen LogP) is 1.87. The van der Waals surface area contributed by atoms with E-state index < -0.39 is 11.7 Å². The molecule has 4 nitrogen and oxygen atoms in total. The summed E-state index contributed by atoms with van der Waals surface area (Å²) >= 11 is 5.92. The van der Waals surface area contributed by atoms with E-state index in [9.17, 15) is 9.18 Å². The Morgan fingerprint density at radius 3 is 2.82 bits per heavy atom. The van der Waals surface area contributed by atoms with E-state index in [4.69, 9.17) is 17.4 Å². The van der Waals surface area contributed by atoms with Gasteiger partial charge in [0.25, 0.3) is 5.91 Å². The van der Waals surface area contributed by atoms with Crippen molar-refractivity contribution < 1.29 is 9.18 Å². The van der Waals surface area contributed by atoms with Gasteiger partial charge in [-0.1, -0.05) is 11.6 Å². The van der Waals surface area contributed by atoms with E-state index >= 15 is 0 Å². The van der Waals surface area contributed by atoms with Crippen molar-refractivity contribution in [3.63, 3.8) is 0 Å². The molecule has 0 fully saturated rings. The molecule has 0 aliphatic heterocycles. The van der Waals surface area contributed by atoms with Gasteiger partial charge in [0.2, 0.25) is 0 Å². The number of aromatic nitrogens is 1. The topological polar surface area (TPSA) is 60.0 Å². The molecule has 3 N–H and O–H groups in total. The van der Waals surface area contributed by atoms with Gasteiger partial charge in [-0.05, 0) is 30.3 Å². The highest BCUT2D eigenvalue weighted by molar-refractivity contribution is 6.32. The molecule has 0 unspecified atom stereocenters. The van der Waals surface area contributed by atoms with Crippen LogP contribution in [0.25, 0.3) is 5.69 Å². The number of nitrogen functional groups attached to an aromatic ring is 1. The van der Waals surface area contributed by atoms with E-state index in [0.29, 0.717) is 11.4 Å². The van der Waals surface area contributed by atoms with E-state index in [1.54, 1.807) is 18.3 Å². The van der Waals surface area contributed by atoms with Gasteiger partial charge in [0.05, 0.1) is 10.7 Å². The standard InChI is InChI=1S/C11H9ClFN3O/c12-8-6-7(13)3-4-9(8)16-5-1-2-10(16)11(17)15-14/h1-6H,14H2,(H,15,17). The zero-order valence-electron chi connectivity index (χ0n) is 8.65. The number of hydrogen-bond donors (Lipinski definition) is 2. The van der Waals surface area contributed by atoms with E-state index in [2.05, 4.69) is 0 Å². The first-order valence-corrected chi connectivity index (χ1v) is 5.15. The molecule has 88 valence electrons. The van der Waals surface area contributed by atoms with Crippen LogP contribution in [0.2, 0.25) is 5.02 Å². The van der Waals surface area contributed by atoms with Crippen molar-refractivity contribution >= 4 is 17.5 Å². The van der Waals surface area contributed by atoms with E-state index in [0.717, 1.165) is 0 Å². The lowest BCUT2D eigenvalue weighted by molar-refractivity contribution is 0.0947. The first-order valence-electron chi connectivity index (χ1n) is 4.77. The fourth-order valence-electron chi connectivity index (χ4n) is 1.53. The third-order valence-electron chi connectivity index (χ3n) is 2.28. The number of hydrazine groups is 1. The van der Waals surface area contributed by atoms with Crippen LogP contribution in [0.15, 0.2) is 36.5 Å². The Morgan fingerprint density at radius 2 is 2.18 bits per heavy atom. The smallest absolute Gasteiger partial charge is 0.282 e. The maximum absolute atomic E-state index is 12.9. The summed E-state index contributed by atoms with van der Waals surface area (Å²) in [6.45, 7) is 0. The summed E-state index contributed by atoms with van der Waals surface area (Å²) in [5, 5.41) is 0.215. The summed E-state index contributed by atoms with van der Waals surface area (Å²) in [5.74, 6) is 4.18. The zero-order valence-corrected chi connectivity index (χ0v) is 9.41. The van der Waals surface area contributed by atoms with Gasteiger partial charge < -0.3 is 4.57 Å². The predicted molar refractivity (Wildman–Crippen MR) is 62.4 cm³/mol. The highest BCUT2D eigenvalue weighted by atomic mass is 35.5. The minimum atomic E-state index is -0.449. The minimum absolute atomic E-state index is 0.215. The number of nitrogens with two attached hydrogens (primary N) is 1. The Kier molecular flexibility index (Phi) is 3.12. The van der Waals surface area contributed by atoms with Crippen LogP contribution in [0.4, 0.5) is 4.39 Å². The molecule has 0 aliphatic rings. The number of rotatable bonds is 2. The third-order valence-corrected chi connectivity index (χ3v) is 2.58. The Morgan fingerprint density at radius 1 is 1.41 bits per heavy atom. The summed E-state index contributed by atoms with van der Waals surface area (Å²) < 4.78 is 14.5. The summed E-state index contributed by atoms with van der Waals surface area (Å²) in [6.07, 6.45) is 1.64. The highest BCUT2D eigenvalue weighted by Crippen LogP contribution is 2.23. The number of nitrogens with zero attached hydrogens (tertiary/aromatic N) is 1. The van der Waals surface area contributed by atoms with Crippen molar-refractivity contribution in [2.75, 3.05) is 0 Å². The molecule has 0 atom stereocenters. The fourth-order valence-corrected chi connectivity index (χ4v) is 1.78. The number of carbonyl (C=O) groups excluding carboxylic acids is 1. The number of amides is 1. The van der Waals surface area contributed by atoms with Crippen LogP contribution >= 0.6 is 11.6 Å². The van der Waals surface area contributed by atoms with E-state index in [1.165, 1.54) is 22.8 Å². The molecule has 0 radical (unpaired) electrons. The molecule has 0 saturated heterocycles. The van der Waals surface area contributed by atoms with Gasteiger partial charge in [0, 0.05) is 6.20 Å². The van der Waals surface area contributed by atoms with Gasteiger partial charge in [-0.3, -0.25) is 10.2 Å². The first kappa shape index (κ1) is 11.6. The Bertz CT molecular complexity index is 568. The van der Waals surface area contributed by atoms with Crippen molar-refractivity contribution in [2.24, 2.45) is 5.84 Å². The maximum Gasteiger partial charge on any atom is 0.282 e. The van der Waals surface area contributed by atoms with Crippen molar-refractivity contribution in [1.29, 1.82) is 0 Å². The lowest BCUT2D eigenvalue weighted by Gasteiger charge is -2.09. The van der Waals surface area contributed by atoms with Gasteiger partial charge in [0.15, 0.2) is 0 Å². The van der Waals surface area contributed by atoms with E-state index in [-0.39, 0.29) is 5.02 Å². The van der Waals surface area contributed by atoms with E-state index in [1.807, 2.05) is 5.43 Å². The van der Waals surface area contributed by atoms with Crippen LogP contribution in [-0.4, -0.2) is 10.5 Å². The molecule has 1 amide bonds. The second kappa shape index (κ2) is 4.57. The quantitative estimate of drug-likeness (QED) is 0.488. The van der Waals surface area contributed by atoms with Crippen LogP contribution in [-0.2, 0) is 0 Å². The molecule has 0 aliphatic carbocycles. The second-order valence-corrected chi connectivity index (χ2v) is 3.74. The van der Waals surface area contributed by atoms with Crippen LogP contribution < -0.4 is 11.3 Å². The molecule has 0 saturated carbocycles. The molecule has 0 spiro atoms. The van der Waals surface area contributed by atoms with Crippen LogP contribution in [0.3, 0.4) is 0 Å². The molecule has 1 aromatic heterocycles. The molecule has 1 heterocycles. The number of halogens is 2. The van der Waals surface area contributed by atoms with Crippen LogP contribution in [0.1, 0.15) is 10.5 Å². The van der Waals surface area contributed by atoms with Crippen molar-refractivity contribution in [3.05, 3.63) is 53.1 Å². The molecular formula is C11H9ClFN3O. The number of benzene rings is 1. The number of nitrogens with one attached hydrogen (secondary N) is 1. The molecule has 0 bridgehead atoms. The zero-order chi connectivity index (χ0) is 12.4. The monoisotopic (exact) mass is 253 g/mol. The van der Waals surface area contributed by atoms with Crippen molar-refractivity contribution in [3.8, 4) is 5.69 Å². The van der Waals surface area contributed by atoms with Gasteiger partial charge in [0.1, 0.15) is 11.5 Å². The largest absolute Gasteiger partial charge is 0.311 e. The fraction of sp³-hybridized carbons (Fsp3) is 0. The lowest BCUT2D eigenvalue weighted by Crippen LogP contribution is -2.31. The first-order chi connectivity index (χ1) is 8.13. The van der Waals surface area contributed by atoms with Crippen molar-refractivity contribution in [2.45, 2.75) is 0 Å². The summed E-state index contributed by atoms with van der Waals surface area (Å²) in [6, 6.07) is 7.20. The number of carbonyl (C=O) groups is 1. The minimum Gasteiger partial charge on any atom is -0.311 e. The summed E-state index contributed by atoms with van der Waals surface area (Å²) in [7, 11) is 0. The molecule has 2 rings (SSSR count). The molecule has 17 heavy (non-hydrogen) atoms. The summed E-state index contributed by atoms with van der Waals surface area (Å²) in [4.78, 5) is 11.5. The van der Waals surface area contributed by atoms with Crippen LogP contribution in [0, 0.1) is 5.82 Å². The van der Waals surface area contributed by atoms with Gasteiger partial charge in [-0.2, -0.15) is 0 Å². The molecule has 2 aromatic rings. The lowest BCUT2D eigenvalue weighted by atomic mass is 10.3. The SMILES string of the molecule is NNC(=O)c1cccn1-c1ccc(F)cc1Cl. The highest BCUT2D eigenvalue weighted by Gasteiger charge is 2.12. The molecular weight excluding hydrogens is 245 g/mol. The molecule has 1 aromatic carbocycles. The average Bonchev–Trinajstić information content (AvgIpc) is 2.77. The van der Waals surface area contributed by atoms with Gasteiger partial charge in [-0.25, -0.2) is 10.2 Å². The Hall–Kier alpha value is -1.85. The maximum atomic E-state index is 12.9. The van der Waals surface area contributed by atoms with Crippen LogP contribution in [0.5, 0.6) is 0 Å². The third kappa shape index (κ3) is 2.15. The van der Waals surface area contributed by atoms with Crippen molar-refractivity contribution in [1.82, 2.24) is 9.99 Å². The summed E-state index contributed by atoms with van der Waals surface area (Å²) in [5.41, 5.74) is 2.86. The number of hydrogen-bond acceptors (Lipinski definition) is 2. The Balaban J connectivity index is 2.53. The van der Waals surface area contributed by atoms with Gasteiger partial charge >= 0.3 is 0 Å². The Labute approximate surface area is 102 Å². The normalized spacial score (nSPS) is 10.3. The van der Waals surface area contributed by atoms with Gasteiger partial charge in [-0.15, -0.1) is 0 Å². The second-order valence-electron chi connectivity index (χ2n) is 3.33. The molecule has 6 heteroatoms.